The van der Waals surface area contributed by atoms with Crippen LogP contribution >= 0.6 is 0 Å². The molecular weight excluding hydrogens is 576 g/mol. The minimum atomic E-state index is -0.344. The monoisotopic (exact) mass is 618 g/mol. The van der Waals surface area contributed by atoms with Gasteiger partial charge < -0.3 is 15.3 Å². The van der Waals surface area contributed by atoms with E-state index in [1.165, 1.54) is 0 Å². The van der Waals surface area contributed by atoms with Crippen LogP contribution < -0.4 is 10.2 Å². The third-order valence-corrected chi connectivity index (χ3v) is 9.59. The van der Waals surface area contributed by atoms with E-state index in [4.69, 9.17) is 9.97 Å². The molecule has 1 saturated heterocycles. The normalized spacial score (nSPS) is 20.5. The van der Waals surface area contributed by atoms with Crippen LogP contribution in [-0.2, 0) is 24.8 Å². The number of rotatable bonds is 10. The van der Waals surface area contributed by atoms with E-state index >= 15 is 0 Å². The van der Waals surface area contributed by atoms with Crippen LogP contribution in [0.1, 0.15) is 67.1 Å². The topological polar surface area (TPSA) is 133 Å². The maximum absolute atomic E-state index is 13.8. The molecule has 2 fully saturated rings. The number of nitrogens with one attached hydrogen (secondary N) is 1. The highest BCUT2D eigenvalue weighted by Gasteiger charge is 2.35. The second-order valence-corrected chi connectivity index (χ2v) is 12.8. The van der Waals surface area contributed by atoms with E-state index in [0.29, 0.717) is 30.4 Å². The first-order valence-corrected chi connectivity index (χ1v) is 16.4. The fourth-order valence-corrected chi connectivity index (χ4v) is 7.03. The van der Waals surface area contributed by atoms with E-state index in [9.17, 15) is 15.2 Å². The number of nitrogens with zero attached hydrogens (tertiary/aromatic N) is 7. The van der Waals surface area contributed by atoms with E-state index in [0.717, 1.165) is 79.7 Å². The molecule has 1 aliphatic carbocycles. The van der Waals surface area contributed by atoms with Gasteiger partial charge in [-0.2, -0.15) is 10.4 Å². The first kappa shape index (κ1) is 31.4. The summed E-state index contributed by atoms with van der Waals surface area (Å²) in [5, 5.41) is 26.9. The Balaban J connectivity index is 1.15. The lowest BCUT2D eigenvalue weighted by molar-refractivity contribution is -0.124. The van der Waals surface area contributed by atoms with Crippen LogP contribution in [0.5, 0.6) is 0 Å². The van der Waals surface area contributed by atoms with Crippen molar-refractivity contribution in [1.29, 1.82) is 5.26 Å². The van der Waals surface area contributed by atoms with Crippen LogP contribution in [0.2, 0.25) is 0 Å². The molecule has 1 amide bonds. The largest absolute Gasteiger partial charge is 0.396 e. The summed E-state index contributed by atoms with van der Waals surface area (Å²) < 4.78 is 1.77. The van der Waals surface area contributed by atoms with Gasteiger partial charge in [0.15, 0.2) is 0 Å². The Morgan fingerprint density at radius 3 is 2.54 bits per heavy atom. The van der Waals surface area contributed by atoms with Gasteiger partial charge in [-0.3, -0.25) is 14.5 Å². The maximum atomic E-state index is 13.8. The third kappa shape index (κ3) is 7.43. The SMILES string of the molecule is Cn1cc(-c2ccc(C(C(=O)NCc3ccccc3)[C@H]3CC[C@H](Cc4ncc(C#N)c(N5CCCC(CO)C5)n4)CC3)nc2)cn1. The first-order chi connectivity index (χ1) is 22.5. The molecule has 3 aromatic heterocycles. The number of hydrogen-bond donors (Lipinski definition) is 2. The number of nitriles is 1. The van der Waals surface area contributed by atoms with Gasteiger partial charge in [0, 0.05) is 63.2 Å². The molecule has 10 heteroatoms. The maximum Gasteiger partial charge on any atom is 0.229 e. The van der Waals surface area contributed by atoms with E-state index in [-0.39, 0.29) is 30.3 Å². The molecule has 2 aliphatic rings. The standard InChI is InChI=1S/C36H42N8O2/c1-43-23-31(21-41-43)29-13-14-32(38-19-29)34(36(46)40-18-26-6-3-2-4-7-26)28-11-9-25(10-12-28)16-33-39-20-30(17-37)35(42-33)44-15-5-8-27(22-44)24-45/h2-4,6-7,13-14,19-21,23,25,27-28,34,45H,5,8-12,15-16,18,22,24H2,1H3,(H,40,46)/t25-,27?,28-,34?. The smallest absolute Gasteiger partial charge is 0.229 e. The van der Waals surface area contributed by atoms with Crippen LogP contribution in [0.3, 0.4) is 0 Å². The number of aliphatic hydroxyl groups is 1. The fourth-order valence-electron chi connectivity index (χ4n) is 7.03. The zero-order chi connectivity index (χ0) is 31.9. The number of benzene rings is 1. The Hall–Kier alpha value is -4.62. The number of carbonyl (C=O) groups excluding carboxylic acids is 1. The van der Waals surface area contributed by atoms with E-state index < -0.39 is 0 Å². The number of piperidine rings is 1. The summed E-state index contributed by atoms with van der Waals surface area (Å²) in [6, 6.07) is 16.3. The predicted octanol–water partition coefficient (Wildman–Crippen LogP) is 4.80. The summed E-state index contributed by atoms with van der Waals surface area (Å²) in [6.07, 6.45) is 13.7. The van der Waals surface area contributed by atoms with Crippen molar-refractivity contribution in [1.82, 2.24) is 30.0 Å². The number of aryl methyl sites for hydroxylation is 1. The molecule has 4 aromatic rings. The summed E-state index contributed by atoms with van der Waals surface area (Å²) in [7, 11) is 1.89. The summed E-state index contributed by atoms with van der Waals surface area (Å²) in [4.78, 5) is 30.2. The van der Waals surface area contributed by atoms with Gasteiger partial charge in [-0.1, -0.05) is 36.4 Å². The lowest BCUT2D eigenvalue weighted by Gasteiger charge is -2.34. The molecule has 4 heterocycles. The Bertz CT molecular complexity index is 1640. The van der Waals surface area contributed by atoms with E-state index in [1.807, 2.05) is 68.1 Å². The average molecular weight is 619 g/mol. The van der Waals surface area contributed by atoms with Crippen molar-refractivity contribution < 1.29 is 9.90 Å². The summed E-state index contributed by atoms with van der Waals surface area (Å²) >= 11 is 0. The van der Waals surface area contributed by atoms with Crippen molar-refractivity contribution in [3.05, 3.63) is 89.9 Å². The van der Waals surface area contributed by atoms with Crippen molar-refractivity contribution in [3.63, 3.8) is 0 Å². The molecule has 1 aromatic carbocycles. The van der Waals surface area contributed by atoms with Crippen LogP contribution in [-0.4, -0.2) is 55.4 Å². The van der Waals surface area contributed by atoms with Gasteiger partial charge in [0.05, 0.1) is 24.0 Å². The molecule has 1 saturated carbocycles. The molecule has 0 radical (unpaired) electrons. The molecule has 238 valence electrons. The molecule has 2 N–H and O–H groups in total. The van der Waals surface area contributed by atoms with E-state index in [2.05, 4.69) is 26.4 Å². The van der Waals surface area contributed by atoms with E-state index in [1.54, 1.807) is 10.9 Å². The highest BCUT2D eigenvalue weighted by molar-refractivity contribution is 5.83. The second-order valence-electron chi connectivity index (χ2n) is 12.8. The lowest BCUT2D eigenvalue weighted by atomic mass is 9.73. The highest BCUT2D eigenvalue weighted by Crippen LogP contribution is 2.39. The molecule has 10 nitrogen and oxygen atoms in total. The zero-order valence-corrected chi connectivity index (χ0v) is 26.4. The number of aliphatic hydroxyl groups excluding tert-OH is 1. The number of amides is 1. The lowest BCUT2D eigenvalue weighted by Crippen LogP contribution is -2.38. The number of hydrogen-bond acceptors (Lipinski definition) is 8. The van der Waals surface area contributed by atoms with Gasteiger partial charge in [0.2, 0.25) is 5.91 Å². The van der Waals surface area contributed by atoms with Gasteiger partial charge in [-0.05, 0) is 67.9 Å². The van der Waals surface area contributed by atoms with Gasteiger partial charge >= 0.3 is 0 Å². The van der Waals surface area contributed by atoms with Crippen molar-refractivity contribution in [2.75, 3.05) is 24.6 Å². The van der Waals surface area contributed by atoms with Crippen LogP contribution in [0.15, 0.2) is 67.3 Å². The summed E-state index contributed by atoms with van der Waals surface area (Å²) in [5.41, 5.74) is 4.31. The van der Waals surface area contributed by atoms with Crippen molar-refractivity contribution in [3.8, 4) is 17.2 Å². The minimum Gasteiger partial charge on any atom is -0.396 e. The van der Waals surface area contributed by atoms with Crippen molar-refractivity contribution in [2.45, 2.75) is 57.4 Å². The predicted molar refractivity (Wildman–Crippen MR) is 175 cm³/mol. The highest BCUT2D eigenvalue weighted by atomic mass is 16.3. The molecule has 2 atom stereocenters. The van der Waals surface area contributed by atoms with Gasteiger partial charge in [0.1, 0.15) is 23.3 Å². The summed E-state index contributed by atoms with van der Waals surface area (Å²) in [6.45, 7) is 2.16. The molecule has 6 rings (SSSR count). The zero-order valence-electron chi connectivity index (χ0n) is 26.4. The fraction of sp³-hybridized carbons (Fsp3) is 0.444. The third-order valence-electron chi connectivity index (χ3n) is 9.59. The quantitative estimate of drug-likeness (QED) is 0.259. The minimum absolute atomic E-state index is 0.0108. The molecule has 0 spiro atoms. The Morgan fingerprint density at radius 1 is 1.02 bits per heavy atom. The first-order valence-electron chi connectivity index (χ1n) is 16.4. The number of carbonyl (C=O) groups is 1. The molecule has 2 unspecified atom stereocenters. The molecular formula is C36H42N8O2. The summed E-state index contributed by atoms with van der Waals surface area (Å²) in [5.74, 6) is 1.89. The van der Waals surface area contributed by atoms with Crippen LogP contribution in [0.4, 0.5) is 5.82 Å². The number of aromatic nitrogens is 5. The Labute approximate surface area is 270 Å². The molecule has 0 bridgehead atoms. The van der Waals surface area contributed by atoms with Crippen LogP contribution in [0.25, 0.3) is 11.1 Å². The second kappa shape index (κ2) is 14.6. The number of pyridine rings is 1. The average Bonchev–Trinajstić information content (AvgIpc) is 3.55. The van der Waals surface area contributed by atoms with Crippen molar-refractivity contribution in [2.24, 2.45) is 24.8 Å². The molecule has 46 heavy (non-hydrogen) atoms. The Kier molecular flexibility index (Phi) is 9.99. The molecule has 1 aliphatic heterocycles. The van der Waals surface area contributed by atoms with Gasteiger partial charge in [0.25, 0.3) is 0 Å². The van der Waals surface area contributed by atoms with Gasteiger partial charge in [-0.25, -0.2) is 9.97 Å². The van der Waals surface area contributed by atoms with Crippen LogP contribution in [0, 0.1) is 29.1 Å². The van der Waals surface area contributed by atoms with Gasteiger partial charge in [-0.15, -0.1) is 0 Å². The Morgan fingerprint density at radius 2 is 1.85 bits per heavy atom. The van der Waals surface area contributed by atoms with Crippen molar-refractivity contribution >= 4 is 11.7 Å². The number of anilines is 1.